The molecule has 2 N–H and O–H groups in total. The van der Waals surface area contributed by atoms with E-state index in [4.69, 9.17) is 0 Å². The largest absolute Gasteiger partial charge is 0.317 e. The standard InChI is InChI=1S/C18H40N2/c1-3-5-15-19-17-13-11-9-7-8-10-12-14-18-20-16-6-4-2/h19-20H,3-18H2,1-2H3. The Morgan fingerprint density at radius 1 is 0.400 bits per heavy atom. The van der Waals surface area contributed by atoms with E-state index in [2.05, 4.69) is 24.5 Å². The average Bonchev–Trinajstić information content (AvgIpc) is 2.47. The highest BCUT2D eigenvalue weighted by atomic mass is 14.8. The molecule has 0 aliphatic heterocycles. The lowest BCUT2D eigenvalue weighted by atomic mass is 10.1. The van der Waals surface area contributed by atoms with E-state index in [0.29, 0.717) is 0 Å². The molecule has 0 radical (unpaired) electrons. The summed E-state index contributed by atoms with van der Waals surface area (Å²) in [4.78, 5) is 0. The lowest BCUT2D eigenvalue weighted by molar-refractivity contribution is 0.535. The zero-order valence-corrected chi connectivity index (χ0v) is 14.3. The number of rotatable bonds is 17. The second kappa shape index (κ2) is 18.9. The maximum Gasteiger partial charge on any atom is -0.00489 e. The van der Waals surface area contributed by atoms with Gasteiger partial charge >= 0.3 is 0 Å². The minimum absolute atomic E-state index is 1.21. The van der Waals surface area contributed by atoms with Crippen molar-refractivity contribution in [2.45, 2.75) is 90.9 Å². The van der Waals surface area contributed by atoms with Crippen molar-refractivity contribution in [2.24, 2.45) is 0 Å². The highest BCUT2D eigenvalue weighted by Gasteiger charge is 1.93. The molecule has 0 aliphatic carbocycles. The van der Waals surface area contributed by atoms with E-state index >= 15 is 0 Å². The van der Waals surface area contributed by atoms with Gasteiger partial charge in [0.1, 0.15) is 0 Å². The molecule has 0 saturated heterocycles. The third-order valence-corrected chi connectivity index (χ3v) is 3.87. The highest BCUT2D eigenvalue weighted by Crippen LogP contribution is 2.08. The Labute approximate surface area is 128 Å². The van der Waals surface area contributed by atoms with Crippen molar-refractivity contribution in [1.82, 2.24) is 10.6 Å². The summed E-state index contributed by atoms with van der Waals surface area (Å²) in [6, 6.07) is 0. The molecule has 0 amide bonds. The van der Waals surface area contributed by atoms with Gasteiger partial charge in [-0.05, 0) is 51.9 Å². The van der Waals surface area contributed by atoms with Crippen molar-refractivity contribution in [2.75, 3.05) is 26.2 Å². The molecular weight excluding hydrogens is 244 g/mol. The first-order valence-corrected chi connectivity index (χ1v) is 9.33. The van der Waals surface area contributed by atoms with Gasteiger partial charge in [0.2, 0.25) is 0 Å². The molecule has 0 spiro atoms. The van der Waals surface area contributed by atoms with Crippen LogP contribution in [0.15, 0.2) is 0 Å². The molecule has 0 aromatic heterocycles. The van der Waals surface area contributed by atoms with Gasteiger partial charge in [-0.2, -0.15) is 0 Å². The van der Waals surface area contributed by atoms with Crippen LogP contribution in [0.25, 0.3) is 0 Å². The predicted octanol–water partition coefficient (Wildman–Crippen LogP) is 4.89. The van der Waals surface area contributed by atoms with Gasteiger partial charge in [-0.3, -0.25) is 0 Å². The lowest BCUT2D eigenvalue weighted by Gasteiger charge is -2.05. The van der Waals surface area contributed by atoms with Crippen LogP contribution in [-0.2, 0) is 0 Å². The van der Waals surface area contributed by atoms with Gasteiger partial charge < -0.3 is 10.6 Å². The van der Waals surface area contributed by atoms with Gasteiger partial charge in [-0.25, -0.2) is 0 Å². The van der Waals surface area contributed by atoms with Gasteiger partial charge in [-0.1, -0.05) is 65.2 Å². The summed E-state index contributed by atoms with van der Waals surface area (Å²) in [6.07, 6.45) is 16.6. The van der Waals surface area contributed by atoms with Crippen molar-refractivity contribution in [3.8, 4) is 0 Å². The summed E-state index contributed by atoms with van der Waals surface area (Å²) in [5.74, 6) is 0. The third kappa shape index (κ3) is 17.9. The van der Waals surface area contributed by atoms with E-state index in [0.717, 1.165) is 0 Å². The Hall–Kier alpha value is -0.0800. The Kier molecular flexibility index (Phi) is 18.8. The summed E-state index contributed by atoms with van der Waals surface area (Å²) >= 11 is 0. The fourth-order valence-electron chi connectivity index (χ4n) is 2.41. The van der Waals surface area contributed by atoms with Gasteiger partial charge in [0.05, 0.1) is 0 Å². The van der Waals surface area contributed by atoms with E-state index in [9.17, 15) is 0 Å². The number of nitrogens with one attached hydrogen (secondary N) is 2. The summed E-state index contributed by atoms with van der Waals surface area (Å²) < 4.78 is 0. The Bertz CT molecular complexity index is 141. The molecule has 0 unspecified atom stereocenters. The summed E-state index contributed by atoms with van der Waals surface area (Å²) in [7, 11) is 0. The molecule has 0 aromatic carbocycles. The van der Waals surface area contributed by atoms with E-state index in [-0.39, 0.29) is 0 Å². The van der Waals surface area contributed by atoms with Gasteiger partial charge in [0.15, 0.2) is 0 Å². The minimum atomic E-state index is 1.21. The second-order valence-corrected chi connectivity index (χ2v) is 6.04. The van der Waals surface area contributed by atoms with E-state index < -0.39 is 0 Å². The zero-order valence-electron chi connectivity index (χ0n) is 14.3. The van der Waals surface area contributed by atoms with E-state index in [1.54, 1.807) is 0 Å². The maximum absolute atomic E-state index is 3.52. The van der Waals surface area contributed by atoms with Crippen molar-refractivity contribution < 1.29 is 0 Å². The molecule has 0 heterocycles. The normalized spacial score (nSPS) is 11.1. The molecule has 0 bridgehead atoms. The summed E-state index contributed by atoms with van der Waals surface area (Å²) in [5, 5.41) is 7.04. The predicted molar refractivity (Wildman–Crippen MR) is 92.5 cm³/mol. The number of hydrogen-bond donors (Lipinski definition) is 2. The Balaban J connectivity index is 2.89. The van der Waals surface area contributed by atoms with Crippen molar-refractivity contribution in [3.63, 3.8) is 0 Å². The quantitative estimate of drug-likeness (QED) is 0.372. The monoisotopic (exact) mass is 284 g/mol. The SMILES string of the molecule is CCCCNCCCCCCCCCCNCCCC. The molecule has 122 valence electrons. The summed E-state index contributed by atoms with van der Waals surface area (Å²) in [6.45, 7) is 9.38. The first kappa shape index (κ1) is 19.9. The molecule has 0 aliphatic rings. The number of unbranched alkanes of at least 4 members (excludes halogenated alkanes) is 9. The molecule has 2 nitrogen and oxygen atoms in total. The molecule has 20 heavy (non-hydrogen) atoms. The van der Waals surface area contributed by atoms with Crippen LogP contribution in [0.3, 0.4) is 0 Å². The Morgan fingerprint density at radius 3 is 1.05 bits per heavy atom. The van der Waals surface area contributed by atoms with Crippen molar-refractivity contribution in [1.29, 1.82) is 0 Å². The molecular formula is C18H40N2. The molecule has 0 atom stereocenters. The van der Waals surface area contributed by atoms with Gasteiger partial charge in [0, 0.05) is 0 Å². The third-order valence-electron chi connectivity index (χ3n) is 3.87. The average molecular weight is 285 g/mol. The molecule has 0 saturated carbocycles. The first-order valence-electron chi connectivity index (χ1n) is 9.33. The minimum Gasteiger partial charge on any atom is -0.317 e. The van der Waals surface area contributed by atoms with Crippen LogP contribution in [0.2, 0.25) is 0 Å². The fourth-order valence-corrected chi connectivity index (χ4v) is 2.41. The zero-order chi connectivity index (χ0) is 14.7. The van der Waals surface area contributed by atoms with Gasteiger partial charge in [-0.15, -0.1) is 0 Å². The van der Waals surface area contributed by atoms with Crippen LogP contribution in [0.4, 0.5) is 0 Å². The van der Waals surface area contributed by atoms with E-state index in [1.807, 2.05) is 0 Å². The fraction of sp³-hybridized carbons (Fsp3) is 1.00. The maximum atomic E-state index is 3.52. The molecule has 0 aromatic rings. The number of hydrogen-bond acceptors (Lipinski definition) is 2. The topological polar surface area (TPSA) is 24.1 Å². The van der Waals surface area contributed by atoms with Crippen LogP contribution < -0.4 is 10.6 Å². The molecule has 0 fully saturated rings. The lowest BCUT2D eigenvalue weighted by Crippen LogP contribution is -2.16. The Morgan fingerprint density at radius 2 is 0.700 bits per heavy atom. The molecule has 2 heteroatoms. The van der Waals surface area contributed by atoms with Crippen LogP contribution >= 0.6 is 0 Å². The van der Waals surface area contributed by atoms with Crippen LogP contribution in [0.5, 0.6) is 0 Å². The van der Waals surface area contributed by atoms with Crippen molar-refractivity contribution in [3.05, 3.63) is 0 Å². The van der Waals surface area contributed by atoms with Crippen LogP contribution in [0.1, 0.15) is 90.9 Å². The molecule has 0 rings (SSSR count). The highest BCUT2D eigenvalue weighted by molar-refractivity contribution is 4.52. The van der Waals surface area contributed by atoms with Crippen LogP contribution in [-0.4, -0.2) is 26.2 Å². The smallest absolute Gasteiger partial charge is 0.00489 e. The van der Waals surface area contributed by atoms with Gasteiger partial charge in [0.25, 0.3) is 0 Å². The first-order chi connectivity index (χ1) is 9.91. The van der Waals surface area contributed by atoms with E-state index in [1.165, 1.54) is 103 Å². The second-order valence-electron chi connectivity index (χ2n) is 6.04. The summed E-state index contributed by atoms with van der Waals surface area (Å²) in [5.41, 5.74) is 0. The van der Waals surface area contributed by atoms with Crippen LogP contribution in [0, 0.1) is 0 Å². The van der Waals surface area contributed by atoms with Crippen molar-refractivity contribution >= 4 is 0 Å².